The Morgan fingerprint density at radius 3 is 2.76 bits per heavy atom. The van der Waals surface area contributed by atoms with Crippen molar-refractivity contribution >= 4 is 11.6 Å². The molecule has 1 fully saturated rings. The molecule has 0 unspecified atom stereocenters. The predicted octanol–water partition coefficient (Wildman–Crippen LogP) is 3.09. The topological polar surface area (TPSA) is 59.4 Å². The maximum absolute atomic E-state index is 13.0. The van der Waals surface area contributed by atoms with Gasteiger partial charge in [0.2, 0.25) is 0 Å². The summed E-state index contributed by atoms with van der Waals surface area (Å²) in [7, 11) is 0. The number of para-hydroxylation sites is 1. The van der Waals surface area contributed by atoms with Gasteiger partial charge >= 0.3 is 6.18 Å². The second-order valence-electron chi connectivity index (χ2n) is 7.39. The SMILES string of the molecule is O=C(N[C@@H]1CCCc2cn(CC(F)(F)F)nc21)c1ccccc1N1CCOCC1. The van der Waals surface area contributed by atoms with E-state index in [1.807, 2.05) is 18.2 Å². The molecule has 9 heteroatoms. The van der Waals surface area contributed by atoms with E-state index in [-0.39, 0.29) is 5.91 Å². The Labute approximate surface area is 166 Å². The van der Waals surface area contributed by atoms with Crippen molar-refractivity contribution in [2.75, 3.05) is 31.2 Å². The van der Waals surface area contributed by atoms with Gasteiger partial charge in [-0.2, -0.15) is 18.3 Å². The Balaban J connectivity index is 1.53. The summed E-state index contributed by atoms with van der Waals surface area (Å²) in [6.45, 7) is 1.51. The summed E-state index contributed by atoms with van der Waals surface area (Å²) >= 11 is 0. The van der Waals surface area contributed by atoms with Gasteiger partial charge in [-0.3, -0.25) is 9.48 Å². The fourth-order valence-corrected chi connectivity index (χ4v) is 3.98. The van der Waals surface area contributed by atoms with Crippen molar-refractivity contribution in [1.29, 1.82) is 0 Å². The van der Waals surface area contributed by atoms with Gasteiger partial charge in [0.25, 0.3) is 5.91 Å². The minimum absolute atomic E-state index is 0.240. The van der Waals surface area contributed by atoms with E-state index in [0.29, 0.717) is 50.4 Å². The van der Waals surface area contributed by atoms with Crippen molar-refractivity contribution in [2.45, 2.75) is 38.0 Å². The number of nitrogens with one attached hydrogen (secondary N) is 1. The van der Waals surface area contributed by atoms with Gasteiger partial charge in [-0.15, -0.1) is 0 Å². The summed E-state index contributed by atoms with van der Waals surface area (Å²) in [5.74, 6) is -0.240. The Kier molecular flexibility index (Phi) is 5.49. The van der Waals surface area contributed by atoms with Crippen LogP contribution < -0.4 is 10.2 Å². The van der Waals surface area contributed by atoms with Crippen LogP contribution in [0.4, 0.5) is 18.9 Å². The Bertz CT molecular complexity index is 875. The van der Waals surface area contributed by atoms with Crippen LogP contribution in [0.5, 0.6) is 0 Å². The number of hydrogen-bond donors (Lipinski definition) is 1. The van der Waals surface area contributed by atoms with E-state index in [0.717, 1.165) is 22.4 Å². The van der Waals surface area contributed by atoms with E-state index in [4.69, 9.17) is 4.74 Å². The van der Waals surface area contributed by atoms with E-state index < -0.39 is 18.8 Å². The molecular weight excluding hydrogens is 385 g/mol. The van der Waals surface area contributed by atoms with E-state index in [9.17, 15) is 18.0 Å². The van der Waals surface area contributed by atoms with E-state index in [1.54, 1.807) is 6.07 Å². The number of carbonyl (C=O) groups excluding carboxylic acids is 1. The van der Waals surface area contributed by atoms with Crippen LogP contribution in [0, 0.1) is 0 Å². The lowest BCUT2D eigenvalue weighted by Crippen LogP contribution is -2.38. The molecule has 1 aliphatic heterocycles. The fourth-order valence-electron chi connectivity index (χ4n) is 3.98. The molecule has 2 heterocycles. The second-order valence-corrected chi connectivity index (χ2v) is 7.39. The van der Waals surface area contributed by atoms with Gasteiger partial charge in [0, 0.05) is 25.0 Å². The molecule has 2 aliphatic rings. The normalized spacial score (nSPS) is 19.7. The monoisotopic (exact) mass is 408 g/mol. The van der Waals surface area contributed by atoms with Gasteiger partial charge in [0.1, 0.15) is 6.54 Å². The summed E-state index contributed by atoms with van der Waals surface area (Å²) in [5, 5.41) is 7.12. The maximum Gasteiger partial charge on any atom is 0.408 e. The number of aromatic nitrogens is 2. The molecule has 0 spiro atoms. The zero-order valence-electron chi connectivity index (χ0n) is 15.9. The van der Waals surface area contributed by atoms with Gasteiger partial charge in [0.15, 0.2) is 0 Å². The standard InChI is InChI=1S/C20H23F3N4O2/c21-20(22,23)13-27-12-14-4-3-6-16(18(14)25-27)24-19(28)15-5-1-2-7-17(15)26-8-10-29-11-9-26/h1-2,5,7,12,16H,3-4,6,8-11,13H2,(H,24,28)/t16-/m1/s1. The summed E-state index contributed by atoms with van der Waals surface area (Å²) in [6.07, 6.45) is -0.764. The van der Waals surface area contributed by atoms with E-state index in [1.165, 1.54) is 6.20 Å². The molecule has 0 saturated carbocycles. The Hall–Kier alpha value is -2.55. The molecular formula is C20H23F3N4O2. The smallest absolute Gasteiger partial charge is 0.378 e. The highest BCUT2D eigenvalue weighted by atomic mass is 19.4. The number of aryl methyl sites for hydroxylation is 1. The third-order valence-corrected chi connectivity index (χ3v) is 5.29. The third kappa shape index (κ3) is 4.55. The summed E-state index contributed by atoms with van der Waals surface area (Å²) in [4.78, 5) is 15.2. The quantitative estimate of drug-likeness (QED) is 0.845. The molecule has 1 N–H and O–H groups in total. The van der Waals surface area contributed by atoms with Crippen LogP contribution in [0.15, 0.2) is 30.5 Å². The molecule has 1 atom stereocenters. The highest BCUT2D eigenvalue weighted by Gasteiger charge is 2.32. The number of halogens is 3. The first-order valence-corrected chi connectivity index (χ1v) is 9.76. The van der Waals surface area contributed by atoms with Crippen molar-refractivity contribution in [1.82, 2.24) is 15.1 Å². The number of anilines is 1. The van der Waals surface area contributed by atoms with Crippen LogP contribution >= 0.6 is 0 Å². The minimum Gasteiger partial charge on any atom is -0.378 e. The number of carbonyl (C=O) groups is 1. The lowest BCUT2D eigenvalue weighted by atomic mass is 9.93. The molecule has 6 nitrogen and oxygen atoms in total. The maximum atomic E-state index is 13.0. The average Bonchev–Trinajstić information content (AvgIpc) is 3.10. The van der Waals surface area contributed by atoms with Crippen LogP contribution in [0.1, 0.15) is 40.5 Å². The first-order chi connectivity index (χ1) is 13.9. The number of benzene rings is 1. The van der Waals surface area contributed by atoms with Crippen LogP contribution in [0.25, 0.3) is 0 Å². The first kappa shape index (κ1) is 19.8. The van der Waals surface area contributed by atoms with Gasteiger partial charge in [-0.05, 0) is 37.0 Å². The van der Waals surface area contributed by atoms with Crippen LogP contribution in [-0.4, -0.2) is 48.2 Å². The Morgan fingerprint density at radius 2 is 2.00 bits per heavy atom. The number of fused-ring (bicyclic) bond motifs is 1. The molecule has 1 saturated heterocycles. The zero-order chi connectivity index (χ0) is 20.4. The molecule has 0 bridgehead atoms. The highest BCUT2D eigenvalue weighted by molar-refractivity contribution is 6.00. The molecule has 1 aromatic carbocycles. The van der Waals surface area contributed by atoms with E-state index >= 15 is 0 Å². The summed E-state index contributed by atoms with van der Waals surface area (Å²) in [6, 6.07) is 6.98. The molecule has 1 amide bonds. The fraction of sp³-hybridized carbons (Fsp3) is 0.500. The molecule has 0 radical (unpaired) electrons. The first-order valence-electron chi connectivity index (χ1n) is 9.76. The lowest BCUT2D eigenvalue weighted by Gasteiger charge is -2.30. The molecule has 2 aromatic rings. The largest absolute Gasteiger partial charge is 0.408 e. The van der Waals surface area contributed by atoms with Crippen molar-refractivity contribution in [3.05, 3.63) is 47.3 Å². The highest BCUT2D eigenvalue weighted by Crippen LogP contribution is 2.30. The molecule has 156 valence electrons. The van der Waals surface area contributed by atoms with E-state index in [2.05, 4.69) is 15.3 Å². The molecule has 1 aliphatic carbocycles. The zero-order valence-corrected chi connectivity index (χ0v) is 15.9. The predicted molar refractivity (Wildman–Crippen MR) is 101 cm³/mol. The second kappa shape index (κ2) is 8.06. The average molecular weight is 408 g/mol. The summed E-state index contributed by atoms with van der Waals surface area (Å²) in [5.41, 5.74) is 2.70. The van der Waals surface area contributed by atoms with Crippen LogP contribution in [-0.2, 0) is 17.7 Å². The number of rotatable bonds is 4. The molecule has 1 aromatic heterocycles. The number of ether oxygens (including phenoxy) is 1. The van der Waals surface area contributed by atoms with Gasteiger partial charge in [-0.1, -0.05) is 12.1 Å². The van der Waals surface area contributed by atoms with Gasteiger partial charge in [-0.25, -0.2) is 0 Å². The number of alkyl halides is 3. The molecule has 4 rings (SSSR count). The van der Waals surface area contributed by atoms with Crippen molar-refractivity contribution in [3.8, 4) is 0 Å². The number of nitrogens with zero attached hydrogens (tertiary/aromatic N) is 3. The number of hydrogen-bond acceptors (Lipinski definition) is 4. The van der Waals surface area contributed by atoms with Gasteiger partial charge in [0.05, 0.1) is 30.5 Å². The minimum atomic E-state index is -4.33. The van der Waals surface area contributed by atoms with Crippen molar-refractivity contribution < 1.29 is 22.7 Å². The Morgan fingerprint density at radius 1 is 1.24 bits per heavy atom. The van der Waals surface area contributed by atoms with Crippen LogP contribution in [0.3, 0.4) is 0 Å². The van der Waals surface area contributed by atoms with Crippen molar-refractivity contribution in [2.24, 2.45) is 0 Å². The van der Waals surface area contributed by atoms with Gasteiger partial charge < -0.3 is 15.0 Å². The number of amides is 1. The van der Waals surface area contributed by atoms with Crippen LogP contribution in [0.2, 0.25) is 0 Å². The lowest BCUT2D eigenvalue weighted by molar-refractivity contribution is -0.142. The third-order valence-electron chi connectivity index (χ3n) is 5.29. The number of morpholine rings is 1. The van der Waals surface area contributed by atoms with Crippen molar-refractivity contribution in [3.63, 3.8) is 0 Å². The molecule has 29 heavy (non-hydrogen) atoms. The summed E-state index contributed by atoms with van der Waals surface area (Å²) < 4.78 is 44.4.